The highest BCUT2D eigenvalue weighted by Crippen LogP contribution is 1.98. The molecule has 0 amide bonds. The van der Waals surface area contributed by atoms with Crippen LogP contribution in [0.5, 0.6) is 0 Å². The maximum Gasteiger partial charge on any atom is 0.116 e. The topological polar surface area (TPSA) is 12.0 Å². The molecule has 0 saturated heterocycles. The van der Waals surface area contributed by atoms with Crippen LogP contribution in [0.4, 0.5) is 0 Å². The van der Waals surface area contributed by atoms with Crippen molar-refractivity contribution in [3.05, 3.63) is 0 Å². The van der Waals surface area contributed by atoms with Gasteiger partial charge in [0.25, 0.3) is 0 Å². The summed E-state index contributed by atoms with van der Waals surface area (Å²) in [7, 11) is -0.991. The molecule has 0 spiro atoms. The van der Waals surface area contributed by atoms with E-state index in [0.717, 1.165) is 0 Å². The van der Waals surface area contributed by atoms with Crippen LogP contribution in [0.1, 0.15) is 20.3 Å². The van der Waals surface area contributed by atoms with Crippen LogP contribution in [0.3, 0.4) is 0 Å². The largest absolute Gasteiger partial charge is 0.335 e. The van der Waals surface area contributed by atoms with Crippen LogP contribution in [-0.4, -0.2) is 14.3 Å². The van der Waals surface area contributed by atoms with Crippen molar-refractivity contribution in [2.24, 2.45) is 0 Å². The molecule has 0 heterocycles. The lowest BCUT2D eigenvalue weighted by atomic mass is 10.3. The third-order valence-corrected chi connectivity index (χ3v) is 2.65. The van der Waals surface area contributed by atoms with Gasteiger partial charge in [0.15, 0.2) is 0 Å². The minimum atomic E-state index is -0.991. The molecule has 0 aromatic rings. The monoisotopic (exact) mass is 145 g/mol. The molecule has 0 unspecified atom stereocenters. The van der Waals surface area contributed by atoms with Gasteiger partial charge in [-0.2, -0.15) is 0 Å². The Morgan fingerprint density at radius 1 is 1.33 bits per heavy atom. The number of nitrogens with one attached hydrogen (secondary N) is 1. The molecule has 9 heavy (non-hydrogen) atoms. The lowest BCUT2D eigenvalue weighted by Gasteiger charge is -2.22. The van der Waals surface area contributed by atoms with E-state index in [4.69, 9.17) is 0 Å². The van der Waals surface area contributed by atoms with E-state index in [1.807, 2.05) is 0 Å². The average molecular weight is 145 g/mol. The highest BCUT2D eigenvalue weighted by atomic mass is 28.3. The summed E-state index contributed by atoms with van der Waals surface area (Å²) in [5.74, 6) is 0. The van der Waals surface area contributed by atoms with Crippen LogP contribution in [0.15, 0.2) is 0 Å². The van der Waals surface area contributed by atoms with Crippen molar-refractivity contribution in [1.82, 2.24) is 4.98 Å². The molecule has 56 valence electrons. The maximum absolute atomic E-state index is 3.61. The minimum absolute atomic E-state index is 0.705. The lowest BCUT2D eigenvalue weighted by molar-refractivity contribution is 0.643. The van der Waals surface area contributed by atoms with Crippen molar-refractivity contribution in [2.75, 3.05) is 0 Å². The number of hydrogen-bond acceptors (Lipinski definition) is 1. The van der Waals surface area contributed by atoms with Gasteiger partial charge in [0, 0.05) is 0 Å². The Morgan fingerprint density at radius 3 is 1.89 bits per heavy atom. The zero-order valence-electron chi connectivity index (χ0n) is 7.28. The van der Waals surface area contributed by atoms with Crippen molar-refractivity contribution in [3.63, 3.8) is 0 Å². The summed E-state index contributed by atoms with van der Waals surface area (Å²) in [5, 5.41) is 0. The van der Waals surface area contributed by atoms with Gasteiger partial charge in [-0.25, -0.2) is 0 Å². The molecular formula is C7H19NSi. The Bertz CT molecular complexity index is 75.5. The second-order valence-electron chi connectivity index (χ2n) is 3.70. The Balaban J connectivity index is 3.47. The summed E-state index contributed by atoms with van der Waals surface area (Å²) in [6.07, 6.45) is 1.24. The zero-order valence-corrected chi connectivity index (χ0v) is 8.28. The maximum atomic E-state index is 3.61. The van der Waals surface area contributed by atoms with Gasteiger partial charge < -0.3 is 4.98 Å². The Hall–Kier alpha value is 0.177. The first-order chi connectivity index (χ1) is 3.95. The fourth-order valence-electron chi connectivity index (χ4n) is 0.841. The molecule has 0 aromatic carbocycles. The third kappa shape index (κ3) is 6.06. The second-order valence-corrected chi connectivity index (χ2v) is 8.49. The fourth-order valence-corrected chi connectivity index (χ4v) is 2.52. The molecule has 1 N–H and O–H groups in total. The number of rotatable bonds is 3. The van der Waals surface area contributed by atoms with Crippen LogP contribution >= 0.6 is 0 Å². The lowest BCUT2D eigenvalue weighted by Crippen LogP contribution is -2.46. The summed E-state index contributed by atoms with van der Waals surface area (Å²) in [6, 6.07) is 0.705. The Labute approximate surface area is 59.9 Å². The molecule has 0 fully saturated rings. The molecule has 0 aliphatic heterocycles. The molecule has 1 nitrogen and oxygen atoms in total. The molecule has 0 rings (SSSR count). The van der Waals surface area contributed by atoms with Gasteiger partial charge in [-0.15, -0.1) is 0 Å². The first-order valence-corrected chi connectivity index (χ1v) is 7.23. The molecular weight excluding hydrogens is 126 g/mol. The average Bonchev–Trinajstić information content (AvgIpc) is 1.62. The smallest absolute Gasteiger partial charge is 0.116 e. The van der Waals surface area contributed by atoms with Crippen LogP contribution in [0.25, 0.3) is 0 Å². The van der Waals surface area contributed by atoms with Crippen LogP contribution in [0, 0.1) is 0 Å². The zero-order chi connectivity index (χ0) is 7.49. The fraction of sp³-hybridized carbons (Fsp3) is 1.00. The molecule has 0 aliphatic carbocycles. The van der Waals surface area contributed by atoms with E-state index in [1.54, 1.807) is 0 Å². The van der Waals surface area contributed by atoms with E-state index in [9.17, 15) is 0 Å². The first kappa shape index (κ1) is 9.18. The van der Waals surface area contributed by atoms with Crippen molar-refractivity contribution in [2.45, 2.75) is 46.0 Å². The molecule has 0 bridgehead atoms. The van der Waals surface area contributed by atoms with Gasteiger partial charge >= 0.3 is 0 Å². The summed E-state index contributed by atoms with van der Waals surface area (Å²) in [5.41, 5.74) is 0. The standard InChI is InChI=1S/C7H19NSi/c1-6-7(2)8-9(3,4)5/h7-8H,6H2,1-5H3/t7-/m0/s1. The van der Waals surface area contributed by atoms with Gasteiger partial charge in [-0.3, -0.25) is 0 Å². The Morgan fingerprint density at radius 2 is 1.78 bits per heavy atom. The van der Waals surface area contributed by atoms with Crippen LogP contribution < -0.4 is 4.98 Å². The SMILES string of the molecule is CC[C@H](C)N[Si](C)(C)C. The van der Waals surface area contributed by atoms with Gasteiger partial charge in [-0.05, 0) is 12.5 Å². The summed E-state index contributed by atoms with van der Waals surface area (Å²) in [6.45, 7) is 11.5. The van der Waals surface area contributed by atoms with Gasteiger partial charge in [-0.1, -0.05) is 33.5 Å². The second kappa shape index (κ2) is 3.37. The predicted molar refractivity (Wildman–Crippen MR) is 46.2 cm³/mol. The molecule has 1 atom stereocenters. The Kier molecular flexibility index (Phi) is 3.44. The van der Waals surface area contributed by atoms with Crippen molar-refractivity contribution in [3.8, 4) is 0 Å². The van der Waals surface area contributed by atoms with E-state index in [2.05, 4.69) is 38.5 Å². The molecule has 0 aromatic heterocycles. The molecule has 0 aliphatic rings. The van der Waals surface area contributed by atoms with Gasteiger partial charge in [0.05, 0.1) is 0 Å². The van der Waals surface area contributed by atoms with Gasteiger partial charge in [0.2, 0.25) is 0 Å². The first-order valence-electron chi connectivity index (χ1n) is 3.73. The van der Waals surface area contributed by atoms with E-state index in [0.29, 0.717) is 6.04 Å². The normalized spacial score (nSPS) is 15.7. The van der Waals surface area contributed by atoms with E-state index >= 15 is 0 Å². The predicted octanol–water partition coefficient (Wildman–Crippen LogP) is 2.21. The summed E-state index contributed by atoms with van der Waals surface area (Å²) < 4.78 is 0. The van der Waals surface area contributed by atoms with Crippen molar-refractivity contribution >= 4 is 8.24 Å². The third-order valence-electron chi connectivity index (χ3n) is 1.29. The van der Waals surface area contributed by atoms with Crippen LogP contribution in [0.2, 0.25) is 19.6 Å². The quantitative estimate of drug-likeness (QED) is 0.600. The molecule has 2 heteroatoms. The van der Waals surface area contributed by atoms with E-state index < -0.39 is 8.24 Å². The van der Waals surface area contributed by atoms with E-state index in [-0.39, 0.29) is 0 Å². The van der Waals surface area contributed by atoms with Crippen molar-refractivity contribution < 1.29 is 0 Å². The molecule has 0 saturated carbocycles. The summed E-state index contributed by atoms with van der Waals surface area (Å²) in [4.78, 5) is 3.61. The molecule has 0 radical (unpaired) electrons. The van der Waals surface area contributed by atoms with E-state index in [1.165, 1.54) is 6.42 Å². The van der Waals surface area contributed by atoms with Gasteiger partial charge in [0.1, 0.15) is 8.24 Å². The highest BCUT2D eigenvalue weighted by Gasteiger charge is 2.14. The summed E-state index contributed by atoms with van der Waals surface area (Å²) >= 11 is 0. The number of hydrogen-bond donors (Lipinski definition) is 1. The highest BCUT2D eigenvalue weighted by molar-refractivity contribution is 6.73. The van der Waals surface area contributed by atoms with Crippen molar-refractivity contribution in [1.29, 1.82) is 0 Å². The van der Waals surface area contributed by atoms with Crippen LogP contribution in [-0.2, 0) is 0 Å². The minimum Gasteiger partial charge on any atom is -0.335 e.